The molecule has 0 fully saturated rings. The Morgan fingerprint density at radius 3 is 2.83 bits per heavy atom. The zero-order valence-electron chi connectivity index (χ0n) is 12.1. The van der Waals surface area contributed by atoms with Crippen molar-refractivity contribution in [1.82, 2.24) is 4.98 Å². The number of aromatic carboxylic acids is 1. The van der Waals surface area contributed by atoms with Crippen molar-refractivity contribution in [3.63, 3.8) is 0 Å². The van der Waals surface area contributed by atoms with Gasteiger partial charge in [0.25, 0.3) is 0 Å². The summed E-state index contributed by atoms with van der Waals surface area (Å²) >= 11 is 2.33. The van der Waals surface area contributed by atoms with E-state index in [1.165, 1.54) is 23.9 Å². The molecule has 0 aliphatic heterocycles. The molecule has 118 valence electrons. The summed E-state index contributed by atoms with van der Waals surface area (Å²) in [5, 5.41) is 9.97. The fraction of sp³-hybridized carbons (Fsp3) is 0.125. The Morgan fingerprint density at radius 2 is 2.13 bits per heavy atom. The number of pyridine rings is 1. The van der Waals surface area contributed by atoms with Gasteiger partial charge in [0, 0.05) is 22.1 Å². The zero-order valence-corrected chi connectivity index (χ0v) is 13.7. The predicted octanol–water partition coefficient (Wildman–Crippen LogP) is 4.03. The van der Waals surface area contributed by atoms with Gasteiger partial charge in [0.05, 0.1) is 0 Å². The number of thioether (sulfide) groups is 1. The molecule has 0 spiro atoms. The molecule has 23 heavy (non-hydrogen) atoms. The quantitative estimate of drug-likeness (QED) is 0.698. The van der Waals surface area contributed by atoms with Crippen molar-refractivity contribution in [2.75, 3.05) is 0 Å². The van der Waals surface area contributed by atoms with Gasteiger partial charge in [-0.25, -0.2) is 9.18 Å². The second kappa shape index (κ2) is 6.17. The summed E-state index contributed by atoms with van der Waals surface area (Å²) in [4.78, 5) is 27.0. The molecule has 2 N–H and O–H groups in total. The molecule has 7 heteroatoms. The highest BCUT2D eigenvalue weighted by Gasteiger charge is 2.18. The van der Waals surface area contributed by atoms with Crippen LogP contribution in [0.4, 0.5) is 4.39 Å². The molecule has 0 aliphatic carbocycles. The van der Waals surface area contributed by atoms with Crippen LogP contribution in [0.2, 0.25) is 0 Å². The zero-order chi connectivity index (χ0) is 16.6. The van der Waals surface area contributed by atoms with Crippen molar-refractivity contribution in [3.05, 3.63) is 62.5 Å². The molecule has 0 saturated heterocycles. The van der Waals surface area contributed by atoms with Gasteiger partial charge in [0.2, 0.25) is 5.56 Å². The smallest absolute Gasteiger partial charge is 0.346 e. The predicted molar refractivity (Wildman–Crippen MR) is 90.1 cm³/mol. The third-order valence-electron chi connectivity index (χ3n) is 3.42. The Kier molecular flexibility index (Phi) is 4.23. The van der Waals surface area contributed by atoms with Crippen LogP contribution < -0.4 is 5.56 Å². The van der Waals surface area contributed by atoms with Crippen LogP contribution in [-0.2, 0) is 5.75 Å². The topological polar surface area (TPSA) is 70.2 Å². The Balaban J connectivity index is 2.05. The first-order valence-electron chi connectivity index (χ1n) is 6.73. The summed E-state index contributed by atoms with van der Waals surface area (Å²) in [7, 11) is 0. The van der Waals surface area contributed by atoms with E-state index < -0.39 is 5.97 Å². The number of hydrogen-bond donors (Lipinski definition) is 2. The number of aromatic nitrogens is 1. The number of hydrogen-bond acceptors (Lipinski definition) is 4. The largest absolute Gasteiger partial charge is 0.477 e. The van der Waals surface area contributed by atoms with Gasteiger partial charge in [-0.2, -0.15) is 0 Å². The molecule has 3 rings (SSSR count). The van der Waals surface area contributed by atoms with E-state index in [4.69, 9.17) is 0 Å². The molecule has 0 atom stereocenters. The van der Waals surface area contributed by atoms with Crippen molar-refractivity contribution < 1.29 is 14.3 Å². The number of H-pyrrole nitrogens is 1. The number of carboxylic acids is 1. The molecular weight excluding hydrogens is 337 g/mol. The molecule has 2 aromatic heterocycles. The number of aromatic amines is 1. The fourth-order valence-corrected chi connectivity index (χ4v) is 4.41. The standard InChI is InChI=1S/C16H12FNO3S2/c1-8-13-9(7-22-11-5-3-2-4-10(11)17)6-12(19)18-15(13)23-14(8)16(20)21/h2-6H,7H2,1H3,(H,18,19)(H,20,21). The third kappa shape index (κ3) is 3.02. The lowest BCUT2D eigenvalue weighted by atomic mass is 10.1. The molecule has 2 heterocycles. The van der Waals surface area contributed by atoms with E-state index in [0.717, 1.165) is 16.7 Å². The summed E-state index contributed by atoms with van der Waals surface area (Å²) in [6, 6.07) is 7.87. The molecule has 0 bridgehead atoms. The van der Waals surface area contributed by atoms with E-state index in [9.17, 15) is 19.1 Å². The van der Waals surface area contributed by atoms with Crippen LogP contribution in [0.5, 0.6) is 0 Å². The maximum absolute atomic E-state index is 13.7. The molecule has 0 unspecified atom stereocenters. The van der Waals surface area contributed by atoms with Crippen LogP contribution in [-0.4, -0.2) is 16.1 Å². The van der Waals surface area contributed by atoms with Gasteiger partial charge in [-0.3, -0.25) is 4.79 Å². The average molecular weight is 349 g/mol. The van der Waals surface area contributed by atoms with Crippen molar-refractivity contribution in [2.24, 2.45) is 0 Å². The lowest BCUT2D eigenvalue weighted by Crippen LogP contribution is -2.05. The maximum Gasteiger partial charge on any atom is 0.346 e. The van der Waals surface area contributed by atoms with Crippen LogP contribution >= 0.6 is 23.1 Å². The number of rotatable bonds is 4. The Morgan fingerprint density at radius 1 is 1.39 bits per heavy atom. The van der Waals surface area contributed by atoms with Crippen LogP contribution in [0.25, 0.3) is 10.2 Å². The van der Waals surface area contributed by atoms with E-state index in [0.29, 0.717) is 26.6 Å². The molecule has 0 amide bonds. The lowest BCUT2D eigenvalue weighted by molar-refractivity contribution is 0.0701. The van der Waals surface area contributed by atoms with Crippen LogP contribution in [0.1, 0.15) is 20.8 Å². The summed E-state index contributed by atoms with van der Waals surface area (Å²) in [5.41, 5.74) is 1.04. The first kappa shape index (κ1) is 15.8. The number of benzene rings is 1. The van der Waals surface area contributed by atoms with Crippen molar-refractivity contribution in [3.8, 4) is 0 Å². The summed E-state index contributed by atoms with van der Waals surface area (Å²) in [6.45, 7) is 1.72. The highest BCUT2D eigenvalue weighted by Crippen LogP contribution is 2.34. The van der Waals surface area contributed by atoms with Gasteiger partial charge in [0.1, 0.15) is 15.5 Å². The minimum absolute atomic E-state index is 0.207. The average Bonchev–Trinajstić information content (AvgIpc) is 2.83. The number of thiophene rings is 1. The molecular formula is C16H12FNO3S2. The van der Waals surface area contributed by atoms with Crippen LogP contribution in [0, 0.1) is 12.7 Å². The molecule has 1 aromatic carbocycles. The van der Waals surface area contributed by atoms with Gasteiger partial charge < -0.3 is 10.1 Å². The SMILES string of the molecule is Cc1c(C(=O)O)sc2[nH]c(=O)cc(CSc3ccccc3F)c12. The third-order valence-corrected chi connectivity index (χ3v) is 5.72. The molecule has 0 radical (unpaired) electrons. The van der Waals surface area contributed by atoms with Crippen molar-refractivity contribution in [2.45, 2.75) is 17.6 Å². The monoisotopic (exact) mass is 349 g/mol. The second-order valence-corrected chi connectivity index (χ2v) is 6.98. The Bertz CT molecular complexity index is 962. The molecule has 3 aromatic rings. The van der Waals surface area contributed by atoms with Gasteiger partial charge in [0.15, 0.2) is 0 Å². The van der Waals surface area contributed by atoms with E-state index in [2.05, 4.69) is 4.98 Å². The first-order chi connectivity index (χ1) is 11.0. The van der Waals surface area contributed by atoms with E-state index >= 15 is 0 Å². The minimum atomic E-state index is -1.02. The van der Waals surface area contributed by atoms with Crippen molar-refractivity contribution >= 4 is 39.3 Å². The highest BCUT2D eigenvalue weighted by molar-refractivity contribution is 7.98. The van der Waals surface area contributed by atoms with Gasteiger partial charge in [-0.05, 0) is 30.2 Å². The summed E-state index contributed by atoms with van der Waals surface area (Å²) < 4.78 is 13.7. The second-order valence-electron chi connectivity index (χ2n) is 4.94. The normalized spacial score (nSPS) is 11.0. The first-order valence-corrected chi connectivity index (χ1v) is 8.53. The number of nitrogens with one attached hydrogen (secondary N) is 1. The molecule has 0 aliphatic rings. The summed E-state index contributed by atoms with van der Waals surface area (Å²) in [5.74, 6) is -0.943. The Labute approximate surface area is 139 Å². The van der Waals surface area contributed by atoms with Gasteiger partial charge in [-0.1, -0.05) is 12.1 Å². The molecule has 0 saturated carbocycles. The van der Waals surface area contributed by atoms with Gasteiger partial charge >= 0.3 is 5.97 Å². The Hall–Kier alpha value is -2.12. The number of carbonyl (C=O) groups is 1. The van der Waals surface area contributed by atoms with Gasteiger partial charge in [-0.15, -0.1) is 23.1 Å². The number of carboxylic acid groups (broad SMARTS) is 1. The van der Waals surface area contributed by atoms with E-state index in [-0.39, 0.29) is 16.3 Å². The van der Waals surface area contributed by atoms with E-state index in [1.807, 2.05) is 0 Å². The lowest BCUT2D eigenvalue weighted by Gasteiger charge is -2.05. The number of halogens is 1. The summed E-state index contributed by atoms with van der Waals surface area (Å²) in [6.07, 6.45) is 0. The van der Waals surface area contributed by atoms with E-state index in [1.54, 1.807) is 25.1 Å². The molecule has 4 nitrogen and oxygen atoms in total. The van der Waals surface area contributed by atoms with Crippen LogP contribution in [0.15, 0.2) is 40.0 Å². The maximum atomic E-state index is 13.7. The van der Waals surface area contributed by atoms with Crippen LogP contribution in [0.3, 0.4) is 0 Å². The minimum Gasteiger partial charge on any atom is -0.477 e. The fourth-order valence-electron chi connectivity index (χ4n) is 2.40. The number of fused-ring (bicyclic) bond motifs is 1. The highest BCUT2D eigenvalue weighted by atomic mass is 32.2. The van der Waals surface area contributed by atoms with Crippen molar-refractivity contribution in [1.29, 1.82) is 0 Å². The number of aryl methyl sites for hydroxylation is 1.